The van der Waals surface area contributed by atoms with E-state index < -0.39 is 6.10 Å². The minimum atomic E-state index is -0.472. The molecule has 2 atom stereocenters. The summed E-state index contributed by atoms with van der Waals surface area (Å²) in [4.78, 5) is 0. The molecule has 1 aromatic carbocycles. The molecule has 0 amide bonds. The lowest BCUT2D eigenvalue weighted by atomic mass is 10.1. The first-order valence-electron chi connectivity index (χ1n) is 5.85. The van der Waals surface area contributed by atoms with Crippen LogP contribution in [0.3, 0.4) is 0 Å². The second kappa shape index (κ2) is 7.39. The van der Waals surface area contributed by atoms with E-state index in [1.807, 2.05) is 37.3 Å². The molecule has 2 unspecified atom stereocenters. The third kappa shape index (κ3) is 4.75. The lowest BCUT2D eigenvalue weighted by Crippen LogP contribution is -2.25. The third-order valence-corrected chi connectivity index (χ3v) is 2.65. The maximum absolute atomic E-state index is 9.82. The lowest BCUT2D eigenvalue weighted by molar-refractivity contribution is 0.150. The first kappa shape index (κ1) is 13.2. The molecule has 0 saturated heterocycles. The Kier molecular flexibility index (Phi) is 6.08. The lowest BCUT2D eigenvalue weighted by Gasteiger charge is -2.13. The standard InChI is InChI=1S/C13H21NO2/c1-2-12(15)8-9-14-10-13(16)11-6-4-3-5-7-11/h3-7,12-16H,2,8-10H2,1H3. The molecule has 0 saturated carbocycles. The highest BCUT2D eigenvalue weighted by molar-refractivity contribution is 5.17. The summed E-state index contributed by atoms with van der Waals surface area (Å²) in [5.41, 5.74) is 0.922. The van der Waals surface area contributed by atoms with Crippen LogP contribution in [0.1, 0.15) is 31.4 Å². The van der Waals surface area contributed by atoms with Crippen LogP contribution < -0.4 is 5.32 Å². The highest BCUT2D eigenvalue weighted by atomic mass is 16.3. The van der Waals surface area contributed by atoms with E-state index in [4.69, 9.17) is 0 Å². The Morgan fingerprint density at radius 3 is 2.50 bits per heavy atom. The van der Waals surface area contributed by atoms with E-state index in [1.54, 1.807) is 0 Å². The van der Waals surface area contributed by atoms with Crippen LogP contribution in [0.15, 0.2) is 30.3 Å². The molecular formula is C13H21NO2. The van der Waals surface area contributed by atoms with Gasteiger partial charge in [-0.05, 0) is 24.9 Å². The van der Waals surface area contributed by atoms with Gasteiger partial charge in [0.1, 0.15) is 0 Å². The second-order valence-electron chi connectivity index (χ2n) is 3.98. The van der Waals surface area contributed by atoms with Gasteiger partial charge in [0.2, 0.25) is 0 Å². The Morgan fingerprint density at radius 1 is 1.19 bits per heavy atom. The minimum absolute atomic E-state index is 0.235. The average molecular weight is 223 g/mol. The van der Waals surface area contributed by atoms with Crippen molar-refractivity contribution in [3.8, 4) is 0 Å². The SMILES string of the molecule is CCC(O)CCNCC(O)c1ccccc1. The van der Waals surface area contributed by atoms with E-state index in [0.29, 0.717) is 6.54 Å². The zero-order valence-corrected chi connectivity index (χ0v) is 9.76. The monoisotopic (exact) mass is 223 g/mol. The van der Waals surface area contributed by atoms with Crippen LogP contribution in [-0.2, 0) is 0 Å². The topological polar surface area (TPSA) is 52.5 Å². The first-order chi connectivity index (χ1) is 7.74. The Hall–Kier alpha value is -0.900. The molecule has 0 aliphatic rings. The van der Waals surface area contributed by atoms with Gasteiger partial charge in [-0.1, -0.05) is 37.3 Å². The summed E-state index contributed by atoms with van der Waals surface area (Å²) in [6.07, 6.45) is 0.808. The van der Waals surface area contributed by atoms with Gasteiger partial charge < -0.3 is 15.5 Å². The number of aliphatic hydroxyl groups excluding tert-OH is 2. The van der Waals surface area contributed by atoms with E-state index in [-0.39, 0.29) is 6.10 Å². The predicted molar refractivity (Wildman–Crippen MR) is 65.2 cm³/mol. The molecule has 90 valence electrons. The fourth-order valence-electron chi connectivity index (χ4n) is 1.50. The van der Waals surface area contributed by atoms with Crippen molar-refractivity contribution in [3.63, 3.8) is 0 Å². The van der Waals surface area contributed by atoms with E-state index in [1.165, 1.54) is 0 Å². The van der Waals surface area contributed by atoms with Crippen LogP contribution in [-0.4, -0.2) is 29.4 Å². The fourth-order valence-corrected chi connectivity index (χ4v) is 1.50. The Bertz CT molecular complexity index is 277. The van der Waals surface area contributed by atoms with Crippen molar-refractivity contribution in [2.45, 2.75) is 32.0 Å². The molecule has 0 aromatic heterocycles. The Balaban J connectivity index is 2.18. The van der Waals surface area contributed by atoms with Crippen LogP contribution in [0.5, 0.6) is 0 Å². The fraction of sp³-hybridized carbons (Fsp3) is 0.538. The van der Waals surface area contributed by atoms with Gasteiger partial charge in [0.05, 0.1) is 12.2 Å². The normalized spacial score (nSPS) is 14.7. The van der Waals surface area contributed by atoms with Gasteiger partial charge in [0, 0.05) is 6.54 Å². The van der Waals surface area contributed by atoms with Crippen molar-refractivity contribution in [1.82, 2.24) is 5.32 Å². The maximum Gasteiger partial charge on any atom is 0.0914 e. The number of hydrogen-bond acceptors (Lipinski definition) is 3. The van der Waals surface area contributed by atoms with Gasteiger partial charge in [-0.25, -0.2) is 0 Å². The Morgan fingerprint density at radius 2 is 1.88 bits per heavy atom. The number of nitrogens with one attached hydrogen (secondary N) is 1. The summed E-state index contributed by atoms with van der Waals surface area (Å²) < 4.78 is 0. The first-order valence-corrected chi connectivity index (χ1v) is 5.85. The largest absolute Gasteiger partial charge is 0.393 e. The number of rotatable bonds is 7. The molecule has 1 aromatic rings. The minimum Gasteiger partial charge on any atom is -0.393 e. The number of aliphatic hydroxyl groups is 2. The molecule has 0 heterocycles. The quantitative estimate of drug-likeness (QED) is 0.614. The van der Waals surface area contributed by atoms with Crippen LogP contribution in [0.4, 0.5) is 0 Å². The molecule has 16 heavy (non-hydrogen) atoms. The molecule has 0 radical (unpaired) electrons. The van der Waals surface area contributed by atoms with Crippen LogP contribution in [0.2, 0.25) is 0 Å². The molecule has 3 N–H and O–H groups in total. The highest BCUT2D eigenvalue weighted by Gasteiger charge is 2.06. The molecule has 0 bridgehead atoms. The molecule has 0 aliphatic heterocycles. The molecule has 0 fully saturated rings. The highest BCUT2D eigenvalue weighted by Crippen LogP contribution is 2.10. The van der Waals surface area contributed by atoms with Crippen LogP contribution >= 0.6 is 0 Å². The van der Waals surface area contributed by atoms with Crippen molar-refractivity contribution >= 4 is 0 Å². The molecular weight excluding hydrogens is 202 g/mol. The van der Waals surface area contributed by atoms with E-state index >= 15 is 0 Å². The van der Waals surface area contributed by atoms with Crippen LogP contribution in [0, 0.1) is 0 Å². The summed E-state index contributed by atoms with van der Waals surface area (Å²) in [6.45, 7) is 3.23. The van der Waals surface area contributed by atoms with E-state index in [9.17, 15) is 10.2 Å². The van der Waals surface area contributed by atoms with Gasteiger partial charge in [-0.2, -0.15) is 0 Å². The van der Waals surface area contributed by atoms with E-state index in [2.05, 4.69) is 5.32 Å². The zero-order valence-electron chi connectivity index (χ0n) is 9.76. The number of benzene rings is 1. The predicted octanol–water partition coefficient (Wildman–Crippen LogP) is 1.47. The van der Waals surface area contributed by atoms with Gasteiger partial charge >= 0.3 is 0 Å². The zero-order chi connectivity index (χ0) is 11.8. The van der Waals surface area contributed by atoms with E-state index in [0.717, 1.165) is 24.9 Å². The smallest absolute Gasteiger partial charge is 0.0914 e. The van der Waals surface area contributed by atoms with Crippen molar-refractivity contribution in [2.75, 3.05) is 13.1 Å². The van der Waals surface area contributed by atoms with Gasteiger partial charge in [-0.3, -0.25) is 0 Å². The van der Waals surface area contributed by atoms with Gasteiger partial charge in [-0.15, -0.1) is 0 Å². The van der Waals surface area contributed by atoms with Crippen molar-refractivity contribution in [1.29, 1.82) is 0 Å². The van der Waals surface area contributed by atoms with Gasteiger partial charge in [0.25, 0.3) is 0 Å². The van der Waals surface area contributed by atoms with Crippen molar-refractivity contribution in [3.05, 3.63) is 35.9 Å². The molecule has 1 rings (SSSR count). The van der Waals surface area contributed by atoms with Crippen molar-refractivity contribution in [2.24, 2.45) is 0 Å². The van der Waals surface area contributed by atoms with Gasteiger partial charge in [0.15, 0.2) is 0 Å². The second-order valence-corrected chi connectivity index (χ2v) is 3.98. The molecule has 3 heteroatoms. The summed E-state index contributed by atoms with van der Waals surface area (Å²) >= 11 is 0. The van der Waals surface area contributed by atoms with Crippen molar-refractivity contribution < 1.29 is 10.2 Å². The maximum atomic E-state index is 9.82. The summed E-state index contributed by atoms with van der Waals surface area (Å²) in [7, 11) is 0. The summed E-state index contributed by atoms with van der Waals surface area (Å²) in [6, 6.07) is 9.58. The average Bonchev–Trinajstić information content (AvgIpc) is 2.35. The molecule has 3 nitrogen and oxygen atoms in total. The molecule has 0 spiro atoms. The van der Waals surface area contributed by atoms with Crippen LogP contribution in [0.25, 0.3) is 0 Å². The Labute approximate surface area is 97.1 Å². The summed E-state index contributed by atoms with van der Waals surface area (Å²) in [5, 5.41) is 22.3. The molecule has 0 aliphatic carbocycles. The number of hydrogen-bond donors (Lipinski definition) is 3. The summed E-state index contributed by atoms with van der Waals surface area (Å²) in [5.74, 6) is 0. The third-order valence-electron chi connectivity index (χ3n) is 2.65.